The fourth-order valence-electron chi connectivity index (χ4n) is 3.57. The molecule has 2 heterocycles. The molecular weight excluding hydrogens is 450 g/mol. The number of fused-ring (bicyclic) bond motifs is 1. The highest BCUT2D eigenvalue weighted by molar-refractivity contribution is 5.84. The van der Waals surface area contributed by atoms with Crippen LogP contribution in [0.1, 0.15) is 27.7 Å². The summed E-state index contributed by atoms with van der Waals surface area (Å²) in [4.78, 5) is 51.3. The molecule has 11 heteroatoms. The first-order valence-corrected chi connectivity index (χ1v) is 10.5. The van der Waals surface area contributed by atoms with Gasteiger partial charge in [-0.3, -0.25) is 24.2 Å². The molecule has 1 aliphatic rings. The van der Waals surface area contributed by atoms with Crippen LogP contribution in [0.3, 0.4) is 0 Å². The molecule has 5 atom stereocenters. The average molecular weight is 475 g/mol. The highest BCUT2D eigenvalue weighted by atomic mass is 16.7. The van der Waals surface area contributed by atoms with Gasteiger partial charge in [-0.15, -0.1) is 0 Å². The van der Waals surface area contributed by atoms with Crippen molar-refractivity contribution in [1.29, 1.82) is 0 Å². The molecule has 0 saturated carbocycles. The monoisotopic (exact) mass is 475 g/mol. The number of nitrogens with zero attached hydrogens (tertiary/aromatic N) is 1. The van der Waals surface area contributed by atoms with Crippen molar-refractivity contribution in [3.63, 3.8) is 0 Å². The Labute approximate surface area is 195 Å². The fourth-order valence-corrected chi connectivity index (χ4v) is 3.57. The summed E-state index contributed by atoms with van der Waals surface area (Å²) < 4.78 is 33.2. The van der Waals surface area contributed by atoms with E-state index in [4.69, 9.17) is 28.4 Å². The molecule has 0 aliphatic carbocycles. The quantitative estimate of drug-likeness (QED) is 0.427. The molecule has 0 unspecified atom stereocenters. The molecule has 2 aromatic rings. The van der Waals surface area contributed by atoms with E-state index in [1.165, 1.54) is 27.0 Å². The van der Waals surface area contributed by atoms with Crippen molar-refractivity contribution >= 4 is 34.8 Å². The van der Waals surface area contributed by atoms with Crippen molar-refractivity contribution in [3.05, 3.63) is 36.5 Å². The zero-order chi connectivity index (χ0) is 24.8. The normalized spacial score (nSPS) is 24.1. The number of para-hydroxylation sites is 1. The highest BCUT2D eigenvalue weighted by Crippen LogP contribution is 2.33. The molecule has 11 nitrogen and oxygen atoms in total. The molecule has 34 heavy (non-hydrogen) atoms. The van der Waals surface area contributed by atoms with Crippen LogP contribution in [0.15, 0.2) is 36.5 Å². The third kappa shape index (κ3) is 6.19. The Morgan fingerprint density at radius 2 is 1.47 bits per heavy atom. The lowest BCUT2D eigenvalue weighted by atomic mass is 9.98. The lowest BCUT2D eigenvalue weighted by Crippen LogP contribution is -2.63. The number of ether oxygens (including phenoxy) is 6. The minimum Gasteiger partial charge on any atom is -0.479 e. The predicted molar refractivity (Wildman–Crippen MR) is 114 cm³/mol. The summed E-state index contributed by atoms with van der Waals surface area (Å²) in [6, 6.07) is 8.74. The summed E-state index contributed by atoms with van der Waals surface area (Å²) in [5, 5.41) is 0.638. The van der Waals surface area contributed by atoms with E-state index in [1.54, 1.807) is 24.3 Å². The van der Waals surface area contributed by atoms with Gasteiger partial charge in [0.2, 0.25) is 12.4 Å². The molecule has 0 N–H and O–H groups in total. The van der Waals surface area contributed by atoms with Gasteiger partial charge in [-0.05, 0) is 18.2 Å². The summed E-state index contributed by atoms with van der Waals surface area (Å²) in [7, 11) is 0. The number of hydrogen-bond donors (Lipinski definition) is 0. The SMILES string of the molecule is CC(=O)OC[C@H]1O[C@H](OC(C)=O)[C@H](Oc2ccnc3ccccc23)[C@@H](OC(C)=O)[C@@H]1OC(C)=O. The van der Waals surface area contributed by atoms with Gasteiger partial charge >= 0.3 is 23.9 Å². The van der Waals surface area contributed by atoms with Crippen molar-refractivity contribution in [1.82, 2.24) is 4.98 Å². The topological polar surface area (TPSA) is 137 Å². The number of carbonyl (C=O) groups is 4. The molecule has 1 aromatic heterocycles. The number of aromatic nitrogens is 1. The minimum absolute atomic E-state index is 0.341. The molecule has 1 aliphatic heterocycles. The van der Waals surface area contributed by atoms with Crippen molar-refractivity contribution in [2.45, 2.75) is 58.4 Å². The predicted octanol–water partition coefficient (Wildman–Crippen LogP) is 1.70. The Bertz CT molecular complexity index is 1070. The van der Waals surface area contributed by atoms with Gasteiger partial charge in [-0.1, -0.05) is 12.1 Å². The van der Waals surface area contributed by atoms with Crippen LogP contribution in [0.25, 0.3) is 10.9 Å². The van der Waals surface area contributed by atoms with Gasteiger partial charge in [0.05, 0.1) is 5.52 Å². The molecular formula is C23H25NO10. The van der Waals surface area contributed by atoms with Crippen LogP contribution in [-0.2, 0) is 42.9 Å². The lowest BCUT2D eigenvalue weighted by Gasteiger charge is -2.44. The largest absolute Gasteiger partial charge is 0.479 e. The van der Waals surface area contributed by atoms with Gasteiger partial charge < -0.3 is 28.4 Å². The number of esters is 4. The summed E-state index contributed by atoms with van der Waals surface area (Å²) in [5.74, 6) is -2.37. The second-order valence-electron chi connectivity index (χ2n) is 7.51. The molecule has 0 spiro atoms. The van der Waals surface area contributed by atoms with E-state index in [2.05, 4.69) is 4.98 Å². The maximum absolute atomic E-state index is 12.0. The number of benzene rings is 1. The Hall–Kier alpha value is -3.73. The number of hydrogen-bond acceptors (Lipinski definition) is 11. The molecule has 1 fully saturated rings. The number of pyridine rings is 1. The van der Waals surface area contributed by atoms with Crippen LogP contribution < -0.4 is 4.74 Å². The van der Waals surface area contributed by atoms with Gasteiger partial charge in [0, 0.05) is 39.3 Å². The molecule has 0 amide bonds. The summed E-state index contributed by atoms with van der Waals surface area (Å²) in [5.41, 5.74) is 0.633. The van der Waals surface area contributed by atoms with E-state index >= 15 is 0 Å². The van der Waals surface area contributed by atoms with Crippen LogP contribution >= 0.6 is 0 Å². The third-order valence-corrected chi connectivity index (χ3v) is 4.80. The van der Waals surface area contributed by atoms with Gasteiger partial charge in [0.15, 0.2) is 12.2 Å². The average Bonchev–Trinajstić information content (AvgIpc) is 2.75. The molecule has 1 saturated heterocycles. The first-order valence-electron chi connectivity index (χ1n) is 10.5. The summed E-state index contributed by atoms with van der Waals surface area (Å²) in [6.45, 7) is 4.34. The van der Waals surface area contributed by atoms with E-state index < -0.39 is 54.6 Å². The summed E-state index contributed by atoms with van der Waals surface area (Å²) in [6.07, 6.45) is -4.72. The first-order chi connectivity index (χ1) is 16.2. The Balaban J connectivity index is 2.05. The van der Waals surface area contributed by atoms with Crippen LogP contribution in [0.2, 0.25) is 0 Å². The standard InChI is InChI=1S/C23H25NO10/c1-12(25)29-11-19-20(30-13(2)26)21(31-14(3)27)22(23(34-19)32-15(4)28)33-18-9-10-24-17-8-6-5-7-16(17)18/h5-10,19-23H,11H2,1-4H3/t19-,20-,21+,22-,23+/m1/s1. The second-order valence-corrected chi connectivity index (χ2v) is 7.51. The summed E-state index contributed by atoms with van der Waals surface area (Å²) >= 11 is 0. The third-order valence-electron chi connectivity index (χ3n) is 4.80. The van der Waals surface area contributed by atoms with E-state index in [9.17, 15) is 19.2 Å². The second kappa shape index (κ2) is 10.9. The first kappa shape index (κ1) is 24.9. The Kier molecular flexibility index (Phi) is 8.00. The van der Waals surface area contributed by atoms with Crippen LogP contribution in [0.5, 0.6) is 5.75 Å². The maximum atomic E-state index is 12.0. The fraction of sp³-hybridized carbons (Fsp3) is 0.435. The molecule has 1 aromatic carbocycles. The minimum atomic E-state index is -1.39. The molecule has 182 valence electrons. The van der Waals surface area contributed by atoms with Gasteiger partial charge in [-0.2, -0.15) is 0 Å². The van der Waals surface area contributed by atoms with Gasteiger partial charge in [-0.25, -0.2) is 0 Å². The van der Waals surface area contributed by atoms with E-state index in [-0.39, 0.29) is 6.61 Å². The smallest absolute Gasteiger partial charge is 0.305 e. The van der Waals surface area contributed by atoms with Crippen molar-refractivity contribution in [3.8, 4) is 5.75 Å². The van der Waals surface area contributed by atoms with Crippen molar-refractivity contribution in [2.75, 3.05) is 6.61 Å². The molecule has 0 bridgehead atoms. The van der Waals surface area contributed by atoms with Crippen molar-refractivity contribution in [2.24, 2.45) is 0 Å². The maximum Gasteiger partial charge on any atom is 0.305 e. The lowest BCUT2D eigenvalue weighted by molar-refractivity contribution is -0.292. The van der Waals surface area contributed by atoms with Crippen LogP contribution in [-0.4, -0.2) is 66.2 Å². The number of rotatable bonds is 7. The Morgan fingerprint density at radius 3 is 2.12 bits per heavy atom. The van der Waals surface area contributed by atoms with Gasteiger partial charge in [0.25, 0.3) is 0 Å². The van der Waals surface area contributed by atoms with E-state index in [0.717, 1.165) is 6.92 Å². The molecule has 0 radical (unpaired) electrons. The zero-order valence-corrected chi connectivity index (χ0v) is 19.1. The zero-order valence-electron chi connectivity index (χ0n) is 19.1. The van der Waals surface area contributed by atoms with E-state index in [0.29, 0.717) is 16.7 Å². The van der Waals surface area contributed by atoms with E-state index in [1.807, 2.05) is 6.07 Å². The van der Waals surface area contributed by atoms with Gasteiger partial charge in [0.1, 0.15) is 18.5 Å². The van der Waals surface area contributed by atoms with Crippen molar-refractivity contribution < 1.29 is 47.6 Å². The molecule has 3 rings (SSSR count). The van der Waals surface area contributed by atoms with Crippen LogP contribution in [0, 0.1) is 0 Å². The van der Waals surface area contributed by atoms with Crippen LogP contribution in [0.4, 0.5) is 0 Å². The highest BCUT2D eigenvalue weighted by Gasteiger charge is 2.53. The number of carbonyl (C=O) groups excluding carboxylic acids is 4. The Morgan fingerprint density at radius 1 is 0.824 bits per heavy atom.